The number of nitrogens with zero attached hydrogens (tertiary/aromatic N) is 2. The predicted molar refractivity (Wildman–Crippen MR) is 89.3 cm³/mol. The van der Waals surface area contributed by atoms with Gasteiger partial charge in [-0.3, -0.25) is 14.9 Å². The van der Waals surface area contributed by atoms with Crippen molar-refractivity contribution in [2.75, 3.05) is 11.1 Å². The van der Waals surface area contributed by atoms with Gasteiger partial charge in [-0.2, -0.15) is 4.98 Å². The number of hydrogen-bond acceptors (Lipinski definition) is 6. The number of thioether (sulfide) groups is 1. The molecule has 124 valence electrons. The summed E-state index contributed by atoms with van der Waals surface area (Å²) >= 11 is 1.22. The predicted octanol–water partition coefficient (Wildman–Crippen LogP) is 1.90. The number of benzene rings is 1. The van der Waals surface area contributed by atoms with Gasteiger partial charge in [0.1, 0.15) is 5.03 Å². The van der Waals surface area contributed by atoms with Gasteiger partial charge in [0.05, 0.1) is 10.7 Å². The highest BCUT2D eigenvalue weighted by atomic mass is 32.2. The van der Waals surface area contributed by atoms with E-state index < -0.39 is 10.6 Å². The quantitative estimate of drug-likeness (QED) is 0.369. The van der Waals surface area contributed by atoms with Gasteiger partial charge in [0.15, 0.2) is 0 Å². The molecule has 0 unspecified atom stereocenters. The molecule has 0 atom stereocenters. The Bertz CT molecular complexity index is 848. The number of nitro benzene ring substituents is 1. The molecule has 2 aromatic rings. The summed E-state index contributed by atoms with van der Waals surface area (Å²) < 4.78 is 0. The zero-order valence-corrected chi connectivity index (χ0v) is 13.4. The van der Waals surface area contributed by atoms with Crippen LogP contribution in [0.15, 0.2) is 34.1 Å². The van der Waals surface area contributed by atoms with Crippen molar-refractivity contribution in [1.82, 2.24) is 9.97 Å². The number of H-pyrrole nitrogens is 1. The topological polar surface area (TPSA) is 118 Å². The number of nitro groups is 1. The highest BCUT2D eigenvalue weighted by Gasteiger charge is 2.18. The summed E-state index contributed by atoms with van der Waals surface area (Å²) in [5.74, 6) is -0.150. The van der Waals surface area contributed by atoms with Gasteiger partial charge in [-0.15, -0.1) is 0 Å². The van der Waals surface area contributed by atoms with Gasteiger partial charge in [-0.25, -0.2) is 4.79 Å². The molecule has 0 aliphatic heterocycles. The van der Waals surface area contributed by atoms with E-state index >= 15 is 0 Å². The lowest BCUT2D eigenvalue weighted by atomic mass is 10.3. The second kappa shape index (κ2) is 6.83. The summed E-state index contributed by atoms with van der Waals surface area (Å²) in [4.78, 5) is 40.3. The molecule has 8 nitrogen and oxygen atoms in total. The zero-order chi connectivity index (χ0) is 17.1. The Morgan fingerprint density at radius 1 is 1.33 bits per heavy atom. The van der Waals surface area contributed by atoms with Crippen molar-refractivity contribution in [3.05, 3.63) is 56.1 Å². The first-order valence-corrected chi connectivity index (χ1v) is 8.30. The molecule has 0 radical (unpaired) electrons. The van der Waals surface area contributed by atoms with Gasteiger partial charge in [0.25, 0.3) is 5.69 Å². The molecule has 1 aliphatic rings. The van der Waals surface area contributed by atoms with Crippen LogP contribution in [-0.4, -0.2) is 26.6 Å². The molecule has 24 heavy (non-hydrogen) atoms. The Morgan fingerprint density at radius 2 is 2.08 bits per heavy atom. The van der Waals surface area contributed by atoms with E-state index in [-0.39, 0.29) is 17.3 Å². The summed E-state index contributed by atoms with van der Waals surface area (Å²) in [6.45, 7) is 0. The Hall–Kier alpha value is -2.68. The van der Waals surface area contributed by atoms with Crippen LogP contribution in [0.5, 0.6) is 0 Å². The van der Waals surface area contributed by atoms with E-state index in [0.717, 1.165) is 30.5 Å². The van der Waals surface area contributed by atoms with Crippen LogP contribution >= 0.6 is 11.8 Å². The average Bonchev–Trinajstić information content (AvgIpc) is 3.01. The Balaban J connectivity index is 1.62. The van der Waals surface area contributed by atoms with Crippen molar-refractivity contribution >= 4 is 29.0 Å². The normalized spacial score (nSPS) is 12.7. The van der Waals surface area contributed by atoms with Crippen LogP contribution in [0.1, 0.15) is 17.7 Å². The molecule has 0 fully saturated rings. The van der Waals surface area contributed by atoms with E-state index in [1.165, 1.54) is 36.0 Å². The molecule has 0 saturated heterocycles. The highest BCUT2D eigenvalue weighted by molar-refractivity contribution is 8.00. The number of rotatable bonds is 5. The number of nitrogens with one attached hydrogen (secondary N) is 2. The van der Waals surface area contributed by atoms with Crippen LogP contribution in [-0.2, 0) is 17.6 Å². The van der Waals surface area contributed by atoms with Crippen molar-refractivity contribution in [3.8, 4) is 0 Å². The maximum atomic E-state index is 12.0. The van der Waals surface area contributed by atoms with Gasteiger partial charge in [0.2, 0.25) is 5.91 Å². The number of amides is 1. The monoisotopic (exact) mass is 346 g/mol. The summed E-state index contributed by atoms with van der Waals surface area (Å²) in [6.07, 6.45) is 2.65. The van der Waals surface area contributed by atoms with Crippen molar-refractivity contribution in [1.29, 1.82) is 0 Å². The third-order valence-electron chi connectivity index (χ3n) is 3.64. The fraction of sp³-hybridized carbons (Fsp3) is 0.267. The number of fused-ring (bicyclic) bond motifs is 1. The van der Waals surface area contributed by atoms with Crippen molar-refractivity contribution in [3.63, 3.8) is 0 Å². The number of carbonyl (C=O) groups excluding carboxylic acids is 1. The molecule has 1 aromatic carbocycles. The van der Waals surface area contributed by atoms with Crippen LogP contribution in [0.3, 0.4) is 0 Å². The molecule has 2 N–H and O–H groups in total. The number of aromatic nitrogens is 2. The van der Waals surface area contributed by atoms with Gasteiger partial charge in [-0.05, 0) is 31.4 Å². The summed E-state index contributed by atoms with van der Waals surface area (Å²) in [5, 5.41) is 13.9. The van der Waals surface area contributed by atoms with E-state index in [1.807, 2.05) is 0 Å². The number of aromatic amines is 1. The lowest BCUT2D eigenvalue weighted by Gasteiger charge is -2.07. The molecule has 0 bridgehead atoms. The zero-order valence-electron chi connectivity index (χ0n) is 12.6. The molecule has 1 aliphatic carbocycles. The number of carbonyl (C=O) groups is 1. The first-order valence-electron chi connectivity index (χ1n) is 7.32. The maximum Gasteiger partial charge on any atom is 0.346 e. The second-order valence-electron chi connectivity index (χ2n) is 5.30. The van der Waals surface area contributed by atoms with Crippen molar-refractivity contribution in [2.45, 2.75) is 24.3 Å². The van der Waals surface area contributed by atoms with E-state index in [4.69, 9.17) is 0 Å². The minimum Gasteiger partial charge on any atom is -0.325 e. The van der Waals surface area contributed by atoms with E-state index in [9.17, 15) is 19.7 Å². The van der Waals surface area contributed by atoms with Gasteiger partial charge in [-0.1, -0.05) is 11.8 Å². The Labute approximate surface area is 140 Å². The molecule has 1 heterocycles. The van der Waals surface area contributed by atoms with Crippen LogP contribution in [0.2, 0.25) is 0 Å². The molecule has 9 heteroatoms. The molecule has 1 aromatic heterocycles. The third-order valence-corrected chi connectivity index (χ3v) is 4.66. The lowest BCUT2D eigenvalue weighted by Crippen LogP contribution is -2.17. The number of aryl methyl sites for hydroxylation is 1. The van der Waals surface area contributed by atoms with E-state index in [0.29, 0.717) is 10.7 Å². The Morgan fingerprint density at radius 3 is 2.79 bits per heavy atom. The molecule has 3 rings (SSSR count). The standard InChI is InChI=1S/C15H14N4O4S/c20-13(16-9-4-6-10(7-5-9)19(22)23)8-24-14-11-2-1-3-12(11)17-15(21)18-14/h4-7H,1-3,8H2,(H,16,20)(H,17,18,21). The minimum atomic E-state index is -0.499. The second-order valence-corrected chi connectivity index (χ2v) is 6.26. The molecular weight excluding hydrogens is 332 g/mol. The SMILES string of the molecule is O=C(CSc1nc(=O)[nH]c2c1CCC2)Nc1ccc([N+](=O)[O-])cc1. The van der Waals surface area contributed by atoms with Crippen LogP contribution < -0.4 is 11.0 Å². The third kappa shape index (κ3) is 3.62. The fourth-order valence-electron chi connectivity index (χ4n) is 2.55. The minimum absolute atomic E-state index is 0.0364. The van der Waals surface area contributed by atoms with Crippen LogP contribution in [0.25, 0.3) is 0 Å². The van der Waals surface area contributed by atoms with Crippen LogP contribution in [0.4, 0.5) is 11.4 Å². The lowest BCUT2D eigenvalue weighted by molar-refractivity contribution is -0.384. The number of hydrogen-bond donors (Lipinski definition) is 2. The summed E-state index contributed by atoms with van der Waals surface area (Å²) in [6, 6.07) is 5.61. The first kappa shape index (κ1) is 16.2. The Kier molecular flexibility index (Phi) is 4.61. The van der Waals surface area contributed by atoms with E-state index in [2.05, 4.69) is 15.3 Å². The maximum absolute atomic E-state index is 12.0. The molecular formula is C15H14N4O4S. The number of non-ortho nitro benzene ring substituents is 1. The molecule has 0 saturated carbocycles. The largest absolute Gasteiger partial charge is 0.346 e. The molecule has 0 spiro atoms. The van der Waals surface area contributed by atoms with Crippen LogP contribution in [0, 0.1) is 10.1 Å². The summed E-state index contributed by atoms with van der Waals surface area (Å²) in [5.41, 5.74) is 1.98. The number of anilines is 1. The van der Waals surface area contributed by atoms with Gasteiger partial charge >= 0.3 is 5.69 Å². The van der Waals surface area contributed by atoms with Crippen molar-refractivity contribution in [2.24, 2.45) is 0 Å². The smallest absolute Gasteiger partial charge is 0.325 e. The molecule has 1 amide bonds. The van der Waals surface area contributed by atoms with Crippen molar-refractivity contribution < 1.29 is 9.72 Å². The van der Waals surface area contributed by atoms with Gasteiger partial charge < -0.3 is 10.3 Å². The first-order chi connectivity index (χ1) is 11.5. The highest BCUT2D eigenvalue weighted by Crippen LogP contribution is 2.27. The van der Waals surface area contributed by atoms with Gasteiger partial charge in [0, 0.05) is 29.1 Å². The average molecular weight is 346 g/mol. The van der Waals surface area contributed by atoms with E-state index in [1.54, 1.807) is 0 Å². The fourth-order valence-corrected chi connectivity index (χ4v) is 3.44. The summed E-state index contributed by atoms with van der Waals surface area (Å²) in [7, 11) is 0.